The van der Waals surface area contributed by atoms with E-state index in [9.17, 15) is 92.3 Å². The Labute approximate surface area is 610 Å². The molecule has 2 aliphatic heterocycles. The molecule has 0 aromatic heterocycles. The first-order chi connectivity index (χ1) is 49.0. The second kappa shape index (κ2) is 40.3. The van der Waals surface area contributed by atoms with Crippen LogP contribution in [0, 0.1) is 5.92 Å². The lowest BCUT2D eigenvalue weighted by molar-refractivity contribution is -0.145. The smallest absolute Gasteiger partial charge is 0.305 e. The van der Waals surface area contributed by atoms with Gasteiger partial charge in [-0.25, -0.2) is 0 Å². The number of thioether (sulfide) groups is 1. The second-order valence-corrected chi connectivity index (χ2v) is 27.5. The summed E-state index contributed by atoms with van der Waals surface area (Å²) in [6, 6.07) is 2.32. The average molecular weight is 1490 g/mol. The third kappa shape index (κ3) is 25.0. The number of primary amides is 1. The minimum Gasteiger partial charge on any atom is -0.481 e. The molecule has 2 unspecified atom stereocenters. The van der Waals surface area contributed by atoms with Crippen LogP contribution in [0.3, 0.4) is 0 Å². The van der Waals surface area contributed by atoms with Crippen LogP contribution in [0.15, 0.2) is 84.9 Å². The first-order valence-electron chi connectivity index (χ1n) is 33.8. The topological polar surface area (TPSA) is 493 Å². The van der Waals surface area contributed by atoms with Crippen LogP contribution in [-0.2, 0) is 91.2 Å². The Morgan fingerprint density at radius 2 is 0.962 bits per heavy atom. The molecule has 5 rings (SSSR count). The molecule has 14 amide bonds. The number of hydrogen-bond acceptors (Lipinski definition) is 19. The SMILES string of the molecule is CC(C)C1NC(=O)[C@H](Cc2ccccc2)NC(=O)CSC[C@@H](C(N)=O)NC(=O)[C@@H]2CCCN2C(=O)[C@H](C)NC(=O)C(CC(=O)O)NC(=O)[C@H](C)N(C)C(=O)[C@H](Cc2ccc(Cl)cc2)NC(=O)[C@H](C)N(C)C(=O)[C@H](Cc2ccccc2)NC(=O)[C@H]([C@@H](C)O)NC(=O)[C@H]([C@@H](C)O)NC(=O)[C@H](CCO)NC1=O. The van der Waals surface area contributed by atoms with Crippen LogP contribution < -0.4 is 58.9 Å². The molecule has 0 radical (unpaired) electrons. The number of halogens is 1. The van der Waals surface area contributed by atoms with E-state index < -0.39 is 211 Å². The van der Waals surface area contributed by atoms with Gasteiger partial charge in [0.15, 0.2) is 0 Å². The van der Waals surface area contributed by atoms with Crippen molar-refractivity contribution in [2.75, 3.05) is 38.8 Å². The number of aliphatic carboxylic acids is 1. The maximum atomic E-state index is 14.8. The molecule has 2 aliphatic rings. The van der Waals surface area contributed by atoms with E-state index in [-0.39, 0.29) is 44.4 Å². The van der Waals surface area contributed by atoms with E-state index in [0.717, 1.165) is 40.3 Å². The Morgan fingerprint density at radius 1 is 0.529 bits per heavy atom. The van der Waals surface area contributed by atoms with Crippen LogP contribution in [0.2, 0.25) is 5.02 Å². The number of aliphatic hydroxyl groups excluding tert-OH is 3. The summed E-state index contributed by atoms with van der Waals surface area (Å²) in [7, 11) is 2.41. The van der Waals surface area contributed by atoms with Crippen molar-refractivity contribution in [1.82, 2.24) is 67.9 Å². The molecule has 15 atom stereocenters. The zero-order valence-electron chi connectivity index (χ0n) is 59.2. The summed E-state index contributed by atoms with van der Waals surface area (Å²) in [4.78, 5) is 213. The lowest BCUT2D eigenvalue weighted by Crippen LogP contribution is -2.63. The van der Waals surface area contributed by atoms with E-state index in [1.54, 1.807) is 86.6 Å². The van der Waals surface area contributed by atoms with E-state index in [1.807, 2.05) is 0 Å². The molecule has 35 heteroatoms. The van der Waals surface area contributed by atoms with Gasteiger partial charge < -0.3 is 94.0 Å². The molecular weight excluding hydrogens is 1400 g/mol. The number of carboxylic acids is 1. The first-order valence-corrected chi connectivity index (χ1v) is 35.3. The van der Waals surface area contributed by atoms with Crippen molar-refractivity contribution >= 4 is 112 Å². The highest BCUT2D eigenvalue weighted by atomic mass is 35.5. The lowest BCUT2D eigenvalue weighted by atomic mass is 10.00. The number of likely N-dealkylation sites (N-methyl/N-ethyl adjacent to an activating group) is 2. The minimum absolute atomic E-state index is 0.0113. The Hall–Kier alpha value is -9.77. The molecule has 0 aliphatic carbocycles. The van der Waals surface area contributed by atoms with Gasteiger partial charge >= 0.3 is 5.97 Å². The van der Waals surface area contributed by atoms with Crippen molar-refractivity contribution < 1.29 is 92.3 Å². The van der Waals surface area contributed by atoms with Crippen molar-refractivity contribution in [2.24, 2.45) is 11.7 Å². The molecule has 0 saturated carbocycles. The monoisotopic (exact) mass is 1490 g/mol. The van der Waals surface area contributed by atoms with Crippen LogP contribution in [0.5, 0.6) is 0 Å². The largest absolute Gasteiger partial charge is 0.481 e. The molecule has 104 heavy (non-hydrogen) atoms. The van der Waals surface area contributed by atoms with Crippen LogP contribution in [0.25, 0.3) is 0 Å². The highest BCUT2D eigenvalue weighted by molar-refractivity contribution is 8.00. The van der Waals surface area contributed by atoms with Gasteiger partial charge in [-0.05, 0) is 88.6 Å². The third-order valence-corrected chi connectivity index (χ3v) is 18.9. The molecule has 2 heterocycles. The number of benzene rings is 3. The number of carboxylic acid groups (broad SMARTS) is 1. The van der Waals surface area contributed by atoms with Gasteiger partial charge in [0.05, 0.1) is 24.4 Å². The molecule has 568 valence electrons. The summed E-state index contributed by atoms with van der Waals surface area (Å²) in [6.07, 6.45) is -5.30. The number of nitrogens with zero attached hydrogens (tertiary/aromatic N) is 3. The molecular formula is C69H95ClN14O19S. The van der Waals surface area contributed by atoms with Crippen molar-refractivity contribution in [2.45, 2.75) is 184 Å². The van der Waals surface area contributed by atoms with Gasteiger partial charge in [-0.15, -0.1) is 11.8 Å². The van der Waals surface area contributed by atoms with Crippen LogP contribution >= 0.6 is 23.4 Å². The molecule has 0 spiro atoms. The fraction of sp³-hybridized carbons (Fsp3) is 0.522. The molecule has 2 saturated heterocycles. The van der Waals surface area contributed by atoms with Crippen molar-refractivity contribution in [3.05, 3.63) is 107 Å². The first kappa shape index (κ1) is 84.9. The van der Waals surface area contributed by atoms with Crippen LogP contribution in [0.4, 0.5) is 0 Å². The second-order valence-electron chi connectivity index (χ2n) is 26.0. The van der Waals surface area contributed by atoms with E-state index in [1.165, 1.54) is 47.0 Å². The van der Waals surface area contributed by atoms with Crippen molar-refractivity contribution in [3.8, 4) is 0 Å². The summed E-state index contributed by atoms with van der Waals surface area (Å²) >= 11 is 7.01. The van der Waals surface area contributed by atoms with Gasteiger partial charge in [0.2, 0.25) is 82.7 Å². The van der Waals surface area contributed by atoms with E-state index in [0.29, 0.717) is 21.7 Å². The molecule has 33 nitrogen and oxygen atoms in total. The van der Waals surface area contributed by atoms with Gasteiger partial charge in [0.25, 0.3) is 0 Å². The average Bonchev–Trinajstić information content (AvgIpc) is 1.37. The molecule has 2 fully saturated rings. The quantitative estimate of drug-likeness (QED) is 0.0742. The number of carbonyl (C=O) groups is 15. The fourth-order valence-corrected chi connectivity index (χ4v) is 12.3. The molecule has 3 aromatic carbocycles. The van der Waals surface area contributed by atoms with Gasteiger partial charge in [-0.1, -0.05) is 98.2 Å². The lowest BCUT2D eigenvalue weighted by Gasteiger charge is -2.33. The fourth-order valence-electron chi connectivity index (χ4n) is 11.3. The number of nitrogens with one attached hydrogen (secondary N) is 10. The number of fused-ring (bicyclic) bond motifs is 1. The minimum atomic E-state index is -1.94. The summed E-state index contributed by atoms with van der Waals surface area (Å²) < 4.78 is 0. The Kier molecular flexibility index (Phi) is 32.9. The predicted molar refractivity (Wildman–Crippen MR) is 378 cm³/mol. The highest BCUT2D eigenvalue weighted by Crippen LogP contribution is 2.21. The number of carbonyl (C=O) groups excluding carboxylic acids is 14. The maximum Gasteiger partial charge on any atom is 0.305 e. The van der Waals surface area contributed by atoms with E-state index in [4.69, 9.17) is 17.3 Å². The maximum absolute atomic E-state index is 14.8. The number of nitrogens with two attached hydrogens (primary N) is 1. The van der Waals surface area contributed by atoms with Crippen LogP contribution in [-0.4, -0.2) is 253 Å². The normalized spacial score (nSPS) is 26.8. The zero-order chi connectivity index (χ0) is 77.4. The number of amides is 14. The van der Waals surface area contributed by atoms with Gasteiger partial charge in [0, 0.05) is 57.3 Å². The molecule has 3 aromatic rings. The third-order valence-electron chi connectivity index (χ3n) is 17.6. The molecule has 0 bridgehead atoms. The Balaban J connectivity index is 1.53. The summed E-state index contributed by atoms with van der Waals surface area (Å²) in [6.45, 7) is 8.38. The highest BCUT2D eigenvalue weighted by Gasteiger charge is 2.42. The molecule has 16 N–H and O–H groups in total. The summed E-state index contributed by atoms with van der Waals surface area (Å²) in [5.74, 6) is -16.8. The Bertz CT molecular complexity index is 3560. The summed E-state index contributed by atoms with van der Waals surface area (Å²) in [5, 5.41) is 67.2. The van der Waals surface area contributed by atoms with E-state index in [2.05, 4.69) is 53.2 Å². The number of aliphatic hydroxyl groups is 3. The van der Waals surface area contributed by atoms with Crippen molar-refractivity contribution in [3.63, 3.8) is 0 Å². The van der Waals surface area contributed by atoms with Gasteiger partial charge in [-0.3, -0.25) is 71.9 Å². The predicted octanol–water partition coefficient (Wildman–Crippen LogP) is -3.57. The number of hydrogen-bond donors (Lipinski definition) is 15. The summed E-state index contributed by atoms with van der Waals surface area (Å²) in [5.41, 5.74) is 7.22. The van der Waals surface area contributed by atoms with Gasteiger partial charge in [0.1, 0.15) is 78.5 Å². The van der Waals surface area contributed by atoms with Gasteiger partial charge in [-0.2, -0.15) is 0 Å². The van der Waals surface area contributed by atoms with Crippen LogP contribution in [0.1, 0.15) is 90.8 Å². The zero-order valence-corrected chi connectivity index (χ0v) is 60.8. The van der Waals surface area contributed by atoms with Crippen molar-refractivity contribution in [1.29, 1.82) is 0 Å². The van der Waals surface area contributed by atoms with E-state index >= 15 is 0 Å². The Morgan fingerprint density at radius 3 is 1.45 bits per heavy atom. The number of rotatable bonds is 14. The standard InChI is InChI=1S/C69H95ClN14O19S/c1-35(2)54-64(98)74-45(26-28-85)60(94)80-56(40(7)87)66(100)81-55(39(6)86)65(99)77-49(30-42-19-14-11-15-20-42)69(103)83(9)38(5)59(93)76-48(31-43-22-24-44(70)25-23-43)68(102)82(8)37(4)58(92)75-47(32-53(89)90)61(95)72-36(3)67(101)84-27-16-21-51(84)63(97)78-50(57(71)91)33-104-34-52(88)73-46(62(96)79-54)29-41-17-12-10-13-18-41/h10-15,17-20,22-25,35-40,45-51,54-56,85-87H,16,21,26-34H2,1-9H3,(H2,71,91)(H,72,95)(H,73,88)(H,74,98)(H,75,92)(H,76,93)(H,77,99)(H,78,97)(H,79,96)(H,80,94)(H,81,100)(H,89,90)/t36-,37-,38-,39+,40+,45-,46-,47?,48-,49-,50-,51-,54?,55-,56-/m0/s1.